The first-order chi connectivity index (χ1) is 9.22. The summed E-state index contributed by atoms with van der Waals surface area (Å²) in [5, 5.41) is 4.40. The number of thioether (sulfide) groups is 1. The number of fused-ring (bicyclic) bond motifs is 1. The van der Waals surface area contributed by atoms with Gasteiger partial charge in [0.25, 0.3) is 0 Å². The maximum atomic E-state index is 13.4. The van der Waals surface area contributed by atoms with Crippen molar-refractivity contribution in [3.63, 3.8) is 0 Å². The average molecular weight is 315 g/mol. The average Bonchev–Trinajstić information content (AvgIpc) is 2.82. The van der Waals surface area contributed by atoms with Crippen LogP contribution in [0.5, 0.6) is 0 Å². The molecule has 0 fully saturated rings. The molecule has 1 unspecified atom stereocenters. The molecule has 2 heterocycles. The lowest BCUT2D eigenvalue weighted by Crippen LogP contribution is -2.24. The summed E-state index contributed by atoms with van der Waals surface area (Å²) in [6.07, 6.45) is 2.66. The molecule has 19 heavy (non-hydrogen) atoms. The summed E-state index contributed by atoms with van der Waals surface area (Å²) in [6.45, 7) is 0.669. The third kappa shape index (κ3) is 3.11. The second kappa shape index (κ2) is 5.79. The molecule has 6 heteroatoms. The smallest absolute Gasteiger partial charge is 0.123 e. The number of nitrogens with one attached hydrogen (secondary N) is 1. The highest BCUT2D eigenvalue weighted by molar-refractivity contribution is 7.99. The molecule has 1 aromatic heterocycles. The molecule has 2 aromatic rings. The summed E-state index contributed by atoms with van der Waals surface area (Å²) in [7, 11) is 0. The summed E-state index contributed by atoms with van der Waals surface area (Å²) in [5.41, 5.74) is 1.05. The molecule has 1 N–H and O–H groups in total. The van der Waals surface area contributed by atoms with Crippen LogP contribution < -0.4 is 5.32 Å². The van der Waals surface area contributed by atoms with E-state index in [0.717, 1.165) is 22.7 Å². The van der Waals surface area contributed by atoms with E-state index >= 15 is 0 Å². The fraction of sp³-hybridized carbons (Fsp3) is 0.308. The van der Waals surface area contributed by atoms with Crippen LogP contribution in [0.15, 0.2) is 29.3 Å². The van der Waals surface area contributed by atoms with Crippen molar-refractivity contribution in [3.8, 4) is 0 Å². The summed E-state index contributed by atoms with van der Waals surface area (Å²) in [6, 6.07) is 5.21. The second-order valence-electron chi connectivity index (χ2n) is 4.31. The Bertz CT molecular complexity index is 588. The highest BCUT2D eigenvalue weighted by Crippen LogP contribution is 2.36. The van der Waals surface area contributed by atoms with Gasteiger partial charge in [0.15, 0.2) is 0 Å². The maximum absolute atomic E-state index is 13.4. The molecule has 0 saturated carbocycles. The predicted octanol–water partition coefficient (Wildman–Crippen LogP) is 4.26. The topological polar surface area (TPSA) is 24.9 Å². The first kappa shape index (κ1) is 13.4. The number of hydrogen-bond acceptors (Lipinski definition) is 4. The molecule has 1 aliphatic rings. The van der Waals surface area contributed by atoms with Crippen LogP contribution in [0.25, 0.3) is 0 Å². The van der Waals surface area contributed by atoms with Crippen molar-refractivity contribution in [2.45, 2.75) is 23.9 Å². The van der Waals surface area contributed by atoms with E-state index in [4.69, 9.17) is 11.6 Å². The van der Waals surface area contributed by atoms with Crippen LogP contribution >= 0.6 is 34.7 Å². The number of rotatable bonds is 3. The minimum Gasteiger partial charge on any atom is -0.303 e. The molecule has 1 atom stereocenters. The summed E-state index contributed by atoms with van der Waals surface area (Å²) >= 11 is 9.12. The van der Waals surface area contributed by atoms with Crippen LogP contribution in [-0.4, -0.2) is 10.7 Å². The Morgan fingerprint density at radius 1 is 1.47 bits per heavy atom. The lowest BCUT2D eigenvalue weighted by Gasteiger charge is -2.25. The standard InChI is InChI=1S/C13H12ClFN2S2/c14-12-6-17-13(19-12)7-16-10-3-4-18-11-2-1-8(15)5-9(10)11/h1-2,5-6,10,16H,3-4,7H2. The fourth-order valence-corrected chi connectivity index (χ4v) is 4.17. The number of hydrogen-bond donors (Lipinski definition) is 1. The third-order valence-corrected chi connectivity index (χ3v) is 5.27. The maximum Gasteiger partial charge on any atom is 0.123 e. The van der Waals surface area contributed by atoms with E-state index < -0.39 is 0 Å². The van der Waals surface area contributed by atoms with E-state index in [2.05, 4.69) is 10.3 Å². The molecule has 100 valence electrons. The Hall–Kier alpha value is -0.620. The largest absolute Gasteiger partial charge is 0.303 e. The number of thiazole rings is 1. The molecule has 0 aliphatic carbocycles. The van der Waals surface area contributed by atoms with Crippen molar-refractivity contribution in [3.05, 3.63) is 45.1 Å². The molecule has 1 aliphatic heterocycles. The van der Waals surface area contributed by atoms with Crippen LogP contribution in [0.2, 0.25) is 4.34 Å². The van der Waals surface area contributed by atoms with Crippen molar-refractivity contribution >= 4 is 34.7 Å². The van der Waals surface area contributed by atoms with E-state index in [9.17, 15) is 4.39 Å². The number of nitrogens with zero attached hydrogens (tertiary/aromatic N) is 1. The first-order valence-electron chi connectivity index (χ1n) is 5.98. The zero-order valence-electron chi connectivity index (χ0n) is 10.0. The van der Waals surface area contributed by atoms with Crippen LogP contribution in [0, 0.1) is 5.82 Å². The molecule has 2 nitrogen and oxygen atoms in total. The van der Waals surface area contributed by atoms with Crippen molar-refractivity contribution < 1.29 is 4.39 Å². The summed E-state index contributed by atoms with van der Waals surface area (Å²) in [4.78, 5) is 5.39. The lowest BCUT2D eigenvalue weighted by molar-refractivity contribution is 0.504. The van der Waals surface area contributed by atoms with Gasteiger partial charge in [0, 0.05) is 17.5 Å². The van der Waals surface area contributed by atoms with Crippen LogP contribution in [0.4, 0.5) is 4.39 Å². The molecule has 0 radical (unpaired) electrons. The summed E-state index contributed by atoms with van der Waals surface area (Å²) < 4.78 is 14.1. The van der Waals surface area contributed by atoms with Gasteiger partial charge in [-0.2, -0.15) is 0 Å². The van der Waals surface area contributed by atoms with E-state index in [-0.39, 0.29) is 11.9 Å². The first-order valence-corrected chi connectivity index (χ1v) is 8.16. The number of benzene rings is 1. The van der Waals surface area contributed by atoms with Crippen molar-refractivity contribution in [1.82, 2.24) is 10.3 Å². The molecule has 0 saturated heterocycles. The molecule has 0 spiro atoms. The van der Waals surface area contributed by atoms with E-state index in [0.29, 0.717) is 10.9 Å². The van der Waals surface area contributed by atoms with Gasteiger partial charge in [-0.15, -0.1) is 23.1 Å². The molecule has 3 rings (SSSR count). The normalized spacial score (nSPS) is 18.3. The van der Waals surface area contributed by atoms with Crippen molar-refractivity contribution in [2.24, 2.45) is 0 Å². The minimum atomic E-state index is -0.176. The van der Waals surface area contributed by atoms with Crippen LogP contribution in [0.1, 0.15) is 23.0 Å². The van der Waals surface area contributed by atoms with Gasteiger partial charge in [-0.05, 0) is 35.9 Å². The molecule has 0 bridgehead atoms. The monoisotopic (exact) mass is 314 g/mol. The Kier molecular flexibility index (Phi) is 4.07. The van der Waals surface area contributed by atoms with Gasteiger partial charge in [-0.1, -0.05) is 11.6 Å². The molecular weight excluding hydrogens is 303 g/mol. The lowest BCUT2D eigenvalue weighted by atomic mass is 10.0. The zero-order valence-corrected chi connectivity index (χ0v) is 12.4. The third-order valence-electron chi connectivity index (χ3n) is 3.04. The fourth-order valence-electron chi connectivity index (χ4n) is 2.16. The Morgan fingerprint density at radius 2 is 2.37 bits per heavy atom. The molecule has 0 amide bonds. The predicted molar refractivity (Wildman–Crippen MR) is 78.4 cm³/mol. The van der Waals surface area contributed by atoms with E-state index in [1.165, 1.54) is 22.3 Å². The van der Waals surface area contributed by atoms with Gasteiger partial charge < -0.3 is 5.32 Å². The van der Waals surface area contributed by atoms with E-state index in [1.54, 1.807) is 24.0 Å². The Labute approximate surface area is 124 Å². The highest BCUT2D eigenvalue weighted by atomic mass is 35.5. The second-order valence-corrected chi connectivity index (χ2v) is 7.19. The highest BCUT2D eigenvalue weighted by Gasteiger charge is 2.21. The minimum absolute atomic E-state index is 0.176. The van der Waals surface area contributed by atoms with E-state index in [1.807, 2.05) is 6.07 Å². The van der Waals surface area contributed by atoms with Crippen molar-refractivity contribution in [2.75, 3.05) is 5.75 Å². The number of aromatic nitrogens is 1. The Morgan fingerprint density at radius 3 is 3.16 bits per heavy atom. The SMILES string of the molecule is Fc1ccc2c(c1)C(NCc1ncc(Cl)s1)CCS2. The van der Waals surface area contributed by atoms with Crippen molar-refractivity contribution in [1.29, 1.82) is 0 Å². The van der Waals surface area contributed by atoms with Crippen LogP contribution in [-0.2, 0) is 6.54 Å². The number of halogens is 2. The van der Waals surface area contributed by atoms with Gasteiger partial charge >= 0.3 is 0 Å². The summed E-state index contributed by atoms with van der Waals surface area (Å²) in [5.74, 6) is 0.875. The Balaban J connectivity index is 1.74. The van der Waals surface area contributed by atoms with Gasteiger partial charge in [-0.3, -0.25) is 0 Å². The van der Waals surface area contributed by atoms with Gasteiger partial charge in [-0.25, -0.2) is 9.37 Å². The molecule has 1 aromatic carbocycles. The van der Waals surface area contributed by atoms with Gasteiger partial charge in [0.2, 0.25) is 0 Å². The zero-order chi connectivity index (χ0) is 13.2. The van der Waals surface area contributed by atoms with Crippen LogP contribution in [0.3, 0.4) is 0 Å². The molecular formula is C13H12ClFN2S2. The van der Waals surface area contributed by atoms with Gasteiger partial charge in [0.1, 0.15) is 15.2 Å². The van der Waals surface area contributed by atoms with Gasteiger partial charge in [0.05, 0.1) is 6.20 Å². The quantitative estimate of drug-likeness (QED) is 0.916.